The van der Waals surface area contributed by atoms with Gasteiger partial charge in [-0.15, -0.1) is 0 Å². The molecule has 0 aromatic rings. The second-order valence-electron chi connectivity index (χ2n) is 6.51. The molecule has 1 aliphatic heterocycles. The van der Waals surface area contributed by atoms with Crippen LogP contribution in [0.15, 0.2) is 0 Å². The molecule has 2 amide bonds. The molecule has 0 aromatic heterocycles. The largest absolute Gasteiger partial charge is 0.337 e. The van der Waals surface area contributed by atoms with Crippen molar-refractivity contribution in [3.8, 4) is 0 Å². The highest BCUT2D eigenvalue weighted by atomic mass is 32.2. The topological polar surface area (TPSA) is 74.8 Å². The predicted molar refractivity (Wildman–Crippen MR) is 81.6 cm³/mol. The summed E-state index contributed by atoms with van der Waals surface area (Å²) in [7, 11) is -3.03. The minimum atomic E-state index is -3.03. The Morgan fingerprint density at radius 1 is 1.24 bits per heavy atom. The fourth-order valence-corrected chi connectivity index (χ4v) is 4.44. The molecule has 0 spiro atoms. The molecule has 1 rings (SSSR count). The van der Waals surface area contributed by atoms with Gasteiger partial charge in [-0.2, -0.15) is 0 Å². The number of carbonyl (C=O) groups is 2. The predicted octanol–water partition coefficient (Wildman–Crippen LogP) is 0.669. The van der Waals surface area contributed by atoms with Crippen molar-refractivity contribution < 1.29 is 18.0 Å². The number of amides is 2. The highest BCUT2D eigenvalue weighted by Crippen LogP contribution is 2.19. The highest BCUT2D eigenvalue weighted by molar-refractivity contribution is 7.91. The van der Waals surface area contributed by atoms with Crippen molar-refractivity contribution in [1.29, 1.82) is 0 Å². The van der Waals surface area contributed by atoms with Crippen molar-refractivity contribution in [3.05, 3.63) is 0 Å². The Morgan fingerprint density at radius 2 is 1.81 bits per heavy atom. The van der Waals surface area contributed by atoms with Gasteiger partial charge in [-0.3, -0.25) is 9.59 Å². The molecule has 0 saturated carbocycles. The van der Waals surface area contributed by atoms with E-state index in [2.05, 4.69) is 0 Å². The molecule has 21 heavy (non-hydrogen) atoms. The molecule has 6 nitrogen and oxygen atoms in total. The first kappa shape index (κ1) is 17.9. The van der Waals surface area contributed by atoms with E-state index < -0.39 is 15.4 Å². The summed E-state index contributed by atoms with van der Waals surface area (Å²) in [5.74, 6) is -0.185. The van der Waals surface area contributed by atoms with Gasteiger partial charge in [0.15, 0.2) is 9.84 Å². The van der Waals surface area contributed by atoms with E-state index >= 15 is 0 Å². The quantitative estimate of drug-likeness (QED) is 0.763. The van der Waals surface area contributed by atoms with Crippen molar-refractivity contribution in [2.24, 2.45) is 0 Å². The zero-order chi connectivity index (χ0) is 16.4. The van der Waals surface area contributed by atoms with Crippen LogP contribution in [0.1, 0.15) is 41.0 Å². The third-order valence-electron chi connectivity index (χ3n) is 3.79. The molecule has 0 N–H and O–H groups in total. The molecule has 0 bridgehead atoms. The second kappa shape index (κ2) is 6.34. The molecule has 7 heteroatoms. The van der Waals surface area contributed by atoms with Crippen molar-refractivity contribution in [2.45, 2.75) is 52.6 Å². The lowest BCUT2D eigenvalue weighted by atomic mass is 10.1. The van der Waals surface area contributed by atoms with Crippen LogP contribution in [0.2, 0.25) is 0 Å². The van der Waals surface area contributed by atoms with Gasteiger partial charge in [0.1, 0.15) is 6.54 Å². The van der Waals surface area contributed by atoms with E-state index in [9.17, 15) is 18.0 Å². The normalized spacial score (nSPS) is 21.1. The Kier molecular flexibility index (Phi) is 5.41. The Morgan fingerprint density at radius 3 is 2.14 bits per heavy atom. The molecule has 1 heterocycles. The summed E-state index contributed by atoms with van der Waals surface area (Å²) in [6.07, 6.45) is 0.484. The van der Waals surface area contributed by atoms with E-state index in [-0.39, 0.29) is 35.9 Å². The minimum Gasteiger partial charge on any atom is -0.337 e. The van der Waals surface area contributed by atoms with Crippen LogP contribution in [0.25, 0.3) is 0 Å². The molecule has 1 saturated heterocycles. The third-order valence-corrected chi connectivity index (χ3v) is 5.54. The van der Waals surface area contributed by atoms with Gasteiger partial charge in [0.05, 0.1) is 11.5 Å². The van der Waals surface area contributed by atoms with E-state index in [1.165, 1.54) is 11.8 Å². The van der Waals surface area contributed by atoms with Crippen molar-refractivity contribution in [2.75, 3.05) is 24.6 Å². The maximum atomic E-state index is 12.5. The molecule has 1 atom stereocenters. The second-order valence-corrected chi connectivity index (χ2v) is 8.74. The Bertz CT molecular complexity index is 508. The number of likely N-dealkylation sites (N-methyl/N-ethyl adjacent to an activating group) is 1. The average Bonchev–Trinajstić information content (AvgIpc) is 2.65. The lowest BCUT2D eigenvalue weighted by Gasteiger charge is -2.37. The lowest BCUT2D eigenvalue weighted by molar-refractivity contribution is -0.144. The molecule has 0 aromatic carbocycles. The van der Waals surface area contributed by atoms with Crippen LogP contribution in [0.3, 0.4) is 0 Å². The first-order valence-electron chi connectivity index (χ1n) is 7.26. The number of hydrogen-bond acceptors (Lipinski definition) is 4. The van der Waals surface area contributed by atoms with Crippen LogP contribution in [0.4, 0.5) is 0 Å². The van der Waals surface area contributed by atoms with Gasteiger partial charge in [-0.25, -0.2) is 8.42 Å². The summed E-state index contributed by atoms with van der Waals surface area (Å²) >= 11 is 0. The lowest BCUT2D eigenvalue weighted by Crippen LogP contribution is -2.52. The van der Waals surface area contributed by atoms with Gasteiger partial charge < -0.3 is 9.80 Å². The van der Waals surface area contributed by atoms with Crippen LogP contribution in [-0.2, 0) is 19.4 Å². The average molecular weight is 318 g/mol. The van der Waals surface area contributed by atoms with E-state index in [4.69, 9.17) is 0 Å². The van der Waals surface area contributed by atoms with Gasteiger partial charge in [0, 0.05) is 25.0 Å². The summed E-state index contributed by atoms with van der Waals surface area (Å²) < 4.78 is 23.1. The standard InChI is InChI=1S/C14H26N2O4S/c1-6-15(12-7-8-21(19,20)10-12)13(18)9-16(11(2)17)14(3,4)5/h12H,6-10H2,1-5H3. The fraction of sp³-hybridized carbons (Fsp3) is 0.857. The van der Waals surface area contributed by atoms with Crippen molar-refractivity contribution >= 4 is 21.7 Å². The zero-order valence-corrected chi connectivity index (χ0v) is 14.4. The molecule has 122 valence electrons. The molecular weight excluding hydrogens is 292 g/mol. The summed E-state index contributed by atoms with van der Waals surface area (Å²) in [4.78, 5) is 27.3. The number of carbonyl (C=O) groups excluding carboxylic acids is 2. The summed E-state index contributed by atoms with van der Waals surface area (Å²) in [6.45, 7) is 9.33. The SMILES string of the molecule is CCN(C(=O)CN(C(C)=O)C(C)(C)C)C1CCS(=O)(=O)C1. The zero-order valence-electron chi connectivity index (χ0n) is 13.5. The van der Waals surface area contributed by atoms with Crippen LogP contribution < -0.4 is 0 Å². The Labute approximate surface area is 127 Å². The first-order valence-corrected chi connectivity index (χ1v) is 9.08. The molecular formula is C14H26N2O4S. The molecule has 1 aliphatic rings. The first-order chi connectivity index (χ1) is 9.48. The van der Waals surface area contributed by atoms with Gasteiger partial charge in [-0.05, 0) is 34.1 Å². The smallest absolute Gasteiger partial charge is 0.242 e. The summed E-state index contributed by atoms with van der Waals surface area (Å²) in [6, 6.07) is -0.263. The fourth-order valence-electron chi connectivity index (χ4n) is 2.71. The van der Waals surface area contributed by atoms with Crippen molar-refractivity contribution in [3.63, 3.8) is 0 Å². The Hall–Kier alpha value is -1.11. The maximum Gasteiger partial charge on any atom is 0.242 e. The van der Waals surface area contributed by atoms with Crippen molar-refractivity contribution in [1.82, 2.24) is 9.80 Å². The van der Waals surface area contributed by atoms with Gasteiger partial charge in [-0.1, -0.05) is 0 Å². The van der Waals surface area contributed by atoms with E-state index in [0.29, 0.717) is 13.0 Å². The molecule has 1 unspecified atom stereocenters. The number of sulfone groups is 1. The van der Waals surface area contributed by atoms with Crippen LogP contribution in [0, 0.1) is 0 Å². The number of hydrogen-bond donors (Lipinski definition) is 0. The van der Waals surface area contributed by atoms with E-state index in [1.807, 2.05) is 27.7 Å². The van der Waals surface area contributed by atoms with Gasteiger partial charge in [0.2, 0.25) is 11.8 Å². The summed E-state index contributed by atoms with van der Waals surface area (Å²) in [5.41, 5.74) is -0.442. The molecule has 0 aliphatic carbocycles. The third kappa shape index (κ3) is 4.69. The van der Waals surface area contributed by atoms with E-state index in [1.54, 1.807) is 4.90 Å². The van der Waals surface area contributed by atoms with E-state index in [0.717, 1.165) is 0 Å². The highest BCUT2D eigenvalue weighted by Gasteiger charge is 2.35. The summed E-state index contributed by atoms with van der Waals surface area (Å²) in [5, 5.41) is 0. The Balaban J connectivity index is 2.82. The molecule has 0 radical (unpaired) electrons. The number of nitrogens with zero attached hydrogens (tertiary/aromatic N) is 2. The maximum absolute atomic E-state index is 12.5. The van der Waals surface area contributed by atoms with Crippen LogP contribution in [-0.4, -0.2) is 66.2 Å². The monoisotopic (exact) mass is 318 g/mol. The van der Waals surface area contributed by atoms with Gasteiger partial charge >= 0.3 is 0 Å². The van der Waals surface area contributed by atoms with Crippen LogP contribution in [0.5, 0.6) is 0 Å². The minimum absolute atomic E-state index is 0.0107. The molecule has 1 fully saturated rings. The van der Waals surface area contributed by atoms with Crippen LogP contribution >= 0.6 is 0 Å². The van der Waals surface area contributed by atoms with Gasteiger partial charge in [0.25, 0.3) is 0 Å². The number of rotatable bonds is 4.